The predicted octanol–water partition coefficient (Wildman–Crippen LogP) is 2.37. The van der Waals surface area contributed by atoms with E-state index in [1.807, 2.05) is 0 Å². The topological polar surface area (TPSA) is 24.1 Å². The third kappa shape index (κ3) is 2.82. The molecule has 1 saturated heterocycles. The summed E-state index contributed by atoms with van der Waals surface area (Å²) < 4.78 is 26.9. The highest BCUT2D eigenvalue weighted by Crippen LogP contribution is 2.25. The second kappa shape index (κ2) is 5.56. The average Bonchev–Trinajstić information content (AvgIpc) is 2.36. The standard InChI is InChI=1S/C13H18F2N2/c1-16-13(12-4-2-3-7-17-12)10-8-9(14)5-6-11(10)15/h5-6,8,12-13,16-17H,2-4,7H2,1H3. The first-order chi connectivity index (χ1) is 8.22. The minimum atomic E-state index is -0.391. The van der Waals surface area contributed by atoms with Crippen LogP contribution in [0.25, 0.3) is 0 Å². The Morgan fingerprint density at radius 2 is 2.18 bits per heavy atom. The lowest BCUT2D eigenvalue weighted by Gasteiger charge is -2.31. The molecule has 0 aliphatic carbocycles. The maximum absolute atomic E-state index is 13.7. The van der Waals surface area contributed by atoms with Crippen molar-refractivity contribution in [3.63, 3.8) is 0 Å². The quantitative estimate of drug-likeness (QED) is 0.847. The van der Waals surface area contributed by atoms with Crippen molar-refractivity contribution < 1.29 is 8.78 Å². The second-order valence-corrected chi connectivity index (χ2v) is 4.49. The molecule has 0 spiro atoms. The van der Waals surface area contributed by atoms with Gasteiger partial charge in [-0.2, -0.15) is 0 Å². The van der Waals surface area contributed by atoms with Gasteiger partial charge in [-0.15, -0.1) is 0 Å². The summed E-state index contributed by atoms with van der Waals surface area (Å²) in [5.74, 6) is -0.740. The lowest BCUT2D eigenvalue weighted by atomic mass is 9.92. The molecule has 2 nitrogen and oxygen atoms in total. The van der Waals surface area contributed by atoms with Crippen molar-refractivity contribution in [3.8, 4) is 0 Å². The molecule has 1 fully saturated rings. The van der Waals surface area contributed by atoms with E-state index in [4.69, 9.17) is 0 Å². The zero-order valence-electron chi connectivity index (χ0n) is 9.97. The molecule has 1 aromatic rings. The number of hydrogen-bond acceptors (Lipinski definition) is 2. The lowest BCUT2D eigenvalue weighted by molar-refractivity contribution is 0.320. The molecule has 0 bridgehead atoms. The third-order valence-corrected chi connectivity index (χ3v) is 3.35. The summed E-state index contributed by atoms with van der Waals surface area (Å²) in [6, 6.07) is 3.63. The molecule has 4 heteroatoms. The van der Waals surface area contributed by atoms with Gasteiger partial charge in [-0.3, -0.25) is 0 Å². The van der Waals surface area contributed by atoms with Crippen molar-refractivity contribution in [1.82, 2.24) is 10.6 Å². The Bertz CT molecular complexity index is 376. The van der Waals surface area contributed by atoms with E-state index in [0.29, 0.717) is 5.56 Å². The molecule has 0 amide bonds. The summed E-state index contributed by atoms with van der Waals surface area (Å²) in [7, 11) is 1.78. The van der Waals surface area contributed by atoms with E-state index < -0.39 is 5.82 Å². The number of likely N-dealkylation sites (N-methyl/N-ethyl adjacent to an activating group) is 1. The Kier molecular flexibility index (Phi) is 4.07. The number of rotatable bonds is 3. The molecule has 0 saturated carbocycles. The molecule has 1 heterocycles. The van der Waals surface area contributed by atoms with Crippen LogP contribution in [0.3, 0.4) is 0 Å². The summed E-state index contributed by atoms with van der Waals surface area (Å²) in [4.78, 5) is 0. The highest BCUT2D eigenvalue weighted by atomic mass is 19.1. The SMILES string of the molecule is CNC(c1cc(F)ccc1F)C1CCCCN1. The van der Waals surface area contributed by atoms with Crippen LogP contribution in [0.5, 0.6) is 0 Å². The van der Waals surface area contributed by atoms with Gasteiger partial charge in [0.05, 0.1) is 6.04 Å². The molecule has 2 rings (SSSR count). The Morgan fingerprint density at radius 3 is 2.82 bits per heavy atom. The number of nitrogens with one attached hydrogen (secondary N) is 2. The van der Waals surface area contributed by atoms with Gasteiger partial charge in [-0.1, -0.05) is 6.42 Å². The summed E-state index contributed by atoms with van der Waals surface area (Å²) in [5, 5.41) is 6.45. The fraction of sp³-hybridized carbons (Fsp3) is 0.538. The number of piperidine rings is 1. The van der Waals surface area contributed by atoms with Crippen molar-refractivity contribution in [2.75, 3.05) is 13.6 Å². The Hall–Kier alpha value is -1.00. The first kappa shape index (κ1) is 12.5. The highest BCUT2D eigenvalue weighted by Gasteiger charge is 2.25. The van der Waals surface area contributed by atoms with Crippen molar-refractivity contribution in [2.45, 2.75) is 31.3 Å². The lowest BCUT2D eigenvalue weighted by Crippen LogP contribution is -2.43. The zero-order valence-corrected chi connectivity index (χ0v) is 9.97. The number of benzene rings is 1. The van der Waals surface area contributed by atoms with Crippen molar-refractivity contribution >= 4 is 0 Å². The van der Waals surface area contributed by atoms with Crippen LogP contribution in [0.1, 0.15) is 30.9 Å². The number of halogens is 2. The first-order valence-corrected chi connectivity index (χ1v) is 6.08. The highest BCUT2D eigenvalue weighted by molar-refractivity contribution is 5.24. The van der Waals surface area contributed by atoms with E-state index in [0.717, 1.165) is 31.9 Å². The van der Waals surface area contributed by atoms with E-state index in [9.17, 15) is 8.78 Å². The Balaban J connectivity index is 2.24. The Labute approximate surface area is 100 Å². The maximum atomic E-state index is 13.7. The normalized spacial score (nSPS) is 22.4. The van der Waals surface area contributed by atoms with Gasteiger partial charge in [0, 0.05) is 11.6 Å². The van der Waals surface area contributed by atoms with E-state index in [1.165, 1.54) is 12.1 Å². The van der Waals surface area contributed by atoms with Crippen molar-refractivity contribution in [1.29, 1.82) is 0 Å². The first-order valence-electron chi connectivity index (χ1n) is 6.08. The molecule has 0 radical (unpaired) electrons. The zero-order chi connectivity index (χ0) is 12.3. The van der Waals surface area contributed by atoms with Crippen LogP contribution in [0.15, 0.2) is 18.2 Å². The van der Waals surface area contributed by atoms with Crippen LogP contribution >= 0.6 is 0 Å². The van der Waals surface area contributed by atoms with Crippen LogP contribution in [-0.2, 0) is 0 Å². The summed E-state index contributed by atoms with van der Waals surface area (Å²) in [6.45, 7) is 0.944. The summed E-state index contributed by atoms with van der Waals surface area (Å²) in [5.41, 5.74) is 0.409. The van der Waals surface area contributed by atoms with Gasteiger partial charge in [0.15, 0.2) is 0 Å². The van der Waals surface area contributed by atoms with Gasteiger partial charge in [0.25, 0.3) is 0 Å². The molecule has 94 valence electrons. The monoisotopic (exact) mass is 240 g/mol. The molecule has 2 atom stereocenters. The van der Waals surface area contributed by atoms with E-state index >= 15 is 0 Å². The fourth-order valence-electron chi connectivity index (χ4n) is 2.49. The predicted molar refractivity (Wildman–Crippen MR) is 63.8 cm³/mol. The molecular formula is C13H18F2N2. The van der Waals surface area contributed by atoms with Gasteiger partial charge >= 0.3 is 0 Å². The van der Waals surface area contributed by atoms with Crippen LogP contribution < -0.4 is 10.6 Å². The molecule has 1 aromatic carbocycles. The Morgan fingerprint density at radius 1 is 1.35 bits per heavy atom. The van der Waals surface area contributed by atoms with Crippen molar-refractivity contribution in [3.05, 3.63) is 35.4 Å². The maximum Gasteiger partial charge on any atom is 0.128 e. The summed E-state index contributed by atoms with van der Waals surface area (Å²) >= 11 is 0. The van der Waals surface area contributed by atoms with Gasteiger partial charge in [0.2, 0.25) is 0 Å². The minimum Gasteiger partial charge on any atom is -0.312 e. The fourth-order valence-corrected chi connectivity index (χ4v) is 2.49. The third-order valence-electron chi connectivity index (χ3n) is 3.35. The van der Waals surface area contributed by atoms with Gasteiger partial charge in [0.1, 0.15) is 11.6 Å². The molecule has 0 aromatic heterocycles. The smallest absolute Gasteiger partial charge is 0.128 e. The summed E-state index contributed by atoms with van der Waals surface area (Å²) in [6.07, 6.45) is 3.27. The average molecular weight is 240 g/mol. The molecule has 2 N–H and O–H groups in total. The van der Waals surface area contributed by atoms with Crippen LogP contribution in [0, 0.1) is 11.6 Å². The molecule has 17 heavy (non-hydrogen) atoms. The van der Waals surface area contributed by atoms with Crippen LogP contribution in [0.2, 0.25) is 0 Å². The molecule has 2 unspecified atom stereocenters. The van der Waals surface area contributed by atoms with Crippen molar-refractivity contribution in [2.24, 2.45) is 0 Å². The van der Waals surface area contributed by atoms with E-state index in [1.54, 1.807) is 7.05 Å². The molecule has 1 aliphatic rings. The molecule has 1 aliphatic heterocycles. The largest absolute Gasteiger partial charge is 0.312 e. The van der Waals surface area contributed by atoms with E-state index in [-0.39, 0.29) is 17.9 Å². The van der Waals surface area contributed by atoms with Gasteiger partial charge in [-0.05, 0) is 44.6 Å². The van der Waals surface area contributed by atoms with Crippen LogP contribution in [0.4, 0.5) is 8.78 Å². The molecular weight excluding hydrogens is 222 g/mol. The van der Waals surface area contributed by atoms with Gasteiger partial charge < -0.3 is 10.6 Å². The van der Waals surface area contributed by atoms with Crippen LogP contribution in [-0.4, -0.2) is 19.6 Å². The minimum absolute atomic E-state index is 0.171. The number of hydrogen-bond donors (Lipinski definition) is 2. The second-order valence-electron chi connectivity index (χ2n) is 4.49. The van der Waals surface area contributed by atoms with E-state index in [2.05, 4.69) is 10.6 Å². The van der Waals surface area contributed by atoms with Gasteiger partial charge in [-0.25, -0.2) is 8.78 Å².